The van der Waals surface area contributed by atoms with Gasteiger partial charge in [-0.15, -0.1) is 0 Å². The molecular weight excluding hydrogens is 308 g/mol. The Hall–Kier alpha value is -2.69. The van der Waals surface area contributed by atoms with Crippen LogP contribution in [0, 0.1) is 13.8 Å². The number of carboxylic acids is 1. The van der Waals surface area contributed by atoms with Crippen molar-refractivity contribution in [1.29, 1.82) is 0 Å². The third-order valence-electron chi connectivity index (χ3n) is 3.64. The van der Waals surface area contributed by atoms with E-state index in [-0.39, 0.29) is 6.42 Å². The summed E-state index contributed by atoms with van der Waals surface area (Å²) >= 11 is 0. The van der Waals surface area contributed by atoms with Crippen molar-refractivity contribution in [1.82, 2.24) is 0 Å². The zero-order valence-electron chi connectivity index (χ0n) is 14.3. The third kappa shape index (κ3) is 4.41. The summed E-state index contributed by atoms with van der Waals surface area (Å²) in [5.74, 6) is 0.758. The van der Waals surface area contributed by atoms with Crippen molar-refractivity contribution >= 4 is 5.97 Å². The Morgan fingerprint density at radius 1 is 1.00 bits per heavy atom. The Balaban J connectivity index is 2.27. The lowest BCUT2D eigenvalue weighted by Gasteiger charge is -2.18. The van der Waals surface area contributed by atoms with Crippen LogP contribution in [0.4, 0.5) is 0 Å². The molecule has 0 amide bonds. The summed E-state index contributed by atoms with van der Waals surface area (Å²) in [4.78, 5) is 11.6. The maximum Gasteiger partial charge on any atom is 0.345 e. The molecule has 0 spiro atoms. The lowest BCUT2D eigenvalue weighted by molar-refractivity contribution is -0.145. The van der Waals surface area contributed by atoms with Gasteiger partial charge in [-0.2, -0.15) is 0 Å². The molecule has 128 valence electrons. The Morgan fingerprint density at radius 3 is 2.21 bits per heavy atom. The Bertz CT molecular complexity index is 703. The van der Waals surface area contributed by atoms with Crippen LogP contribution in [0.5, 0.6) is 17.2 Å². The van der Waals surface area contributed by atoms with Gasteiger partial charge in [-0.1, -0.05) is 6.07 Å². The molecule has 2 rings (SSSR count). The van der Waals surface area contributed by atoms with E-state index in [9.17, 15) is 9.90 Å². The molecule has 1 N–H and O–H groups in total. The highest BCUT2D eigenvalue weighted by Crippen LogP contribution is 2.27. The highest BCUT2D eigenvalue weighted by Gasteiger charge is 2.22. The van der Waals surface area contributed by atoms with Gasteiger partial charge >= 0.3 is 5.97 Å². The number of hydrogen-bond donors (Lipinski definition) is 1. The second kappa shape index (κ2) is 7.73. The first-order chi connectivity index (χ1) is 11.4. The Morgan fingerprint density at radius 2 is 1.67 bits per heavy atom. The number of benzene rings is 2. The van der Waals surface area contributed by atoms with Gasteiger partial charge in [-0.05, 0) is 55.3 Å². The minimum absolute atomic E-state index is 0.169. The maximum atomic E-state index is 11.6. The maximum absolute atomic E-state index is 11.6. The van der Waals surface area contributed by atoms with Gasteiger partial charge in [0.15, 0.2) is 6.10 Å². The molecule has 0 unspecified atom stereocenters. The van der Waals surface area contributed by atoms with Gasteiger partial charge < -0.3 is 19.3 Å². The Kier molecular flexibility index (Phi) is 5.68. The van der Waals surface area contributed by atoms with Gasteiger partial charge in [0.1, 0.15) is 17.2 Å². The largest absolute Gasteiger partial charge is 0.497 e. The number of hydrogen-bond acceptors (Lipinski definition) is 4. The van der Waals surface area contributed by atoms with Crippen LogP contribution in [0.2, 0.25) is 0 Å². The average molecular weight is 330 g/mol. The van der Waals surface area contributed by atoms with Crippen molar-refractivity contribution in [3.63, 3.8) is 0 Å². The number of carboxylic acid groups (broad SMARTS) is 1. The molecule has 0 aliphatic rings. The lowest BCUT2D eigenvalue weighted by atomic mass is 10.1. The summed E-state index contributed by atoms with van der Waals surface area (Å²) < 4.78 is 16.2. The molecule has 2 aromatic carbocycles. The number of aliphatic carboxylic acids is 1. The highest BCUT2D eigenvalue weighted by atomic mass is 16.5. The van der Waals surface area contributed by atoms with E-state index in [4.69, 9.17) is 14.2 Å². The molecule has 0 heterocycles. The number of carbonyl (C=O) groups is 1. The van der Waals surface area contributed by atoms with Gasteiger partial charge in [-0.3, -0.25) is 0 Å². The van der Waals surface area contributed by atoms with E-state index in [1.165, 1.54) is 0 Å². The first-order valence-corrected chi connectivity index (χ1v) is 7.61. The fourth-order valence-electron chi connectivity index (χ4n) is 2.59. The SMILES string of the molecule is COc1ccc(OC)c(C[C@H](Oc2cc(C)cc(C)c2)C(=O)O)c1. The molecule has 2 aromatic rings. The summed E-state index contributed by atoms with van der Waals surface area (Å²) in [5.41, 5.74) is 2.76. The van der Waals surface area contributed by atoms with Crippen molar-refractivity contribution in [2.24, 2.45) is 0 Å². The van der Waals surface area contributed by atoms with Crippen molar-refractivity contribution in [2.45, 2.75) is 26.4 Å². The van der Waals surface area contributed by atoms with Gasteiger partial charge in [0.2, 0.25) is 0 Å². The topological polar surface area (TPSA) is 65.0 Å². The highest BCUT2D eigenvalue weighted by molar-refractivity contribution is 5.73. The van der Waals surface area contributed by atoms with Crippen LogP contribution in [0.25, 0.3) is 0 Å². The fraction of sp³-hybridized carbons (Fsp3) is 0.316. The molecular formula is C19H22O5. The molecule has 0 saturated carbocycles. The smallest absolute Gasteiger partial charge is 0.345 e. The second-order valence-corrected chi connectivity index (χ2v) is 5.65. The zero-order valence-corrected chi connectivity index (χ0v) is 14.3. The molecule has 0 aromatic heterocycles. The molecule has 24 heavy (non-hydrogen) atoms. The van der Waals surface area contributed by atoms with Crippen LogP contribution in [-0.2, 0) is 11.2 Å². The predicted octanol–water partition coefficient (Wildman–Crippen LogP) is 3.40. The summed E-state index contributed by atoms with van der Waals surface area (Å²) in [6.45, 7) is 3.89. The van der Waals surface area contributed by atoms with Crippen molar-refractivity contribution < 1.29 is 24.1 Å². The minimum atomic E-state index is -1.03. The fourth-order valence-corrected chi connectivity index (χ4v) is 2.59. The van der Waals surface area contributed by atoms with Gasteiger partial charge in [0.25, 0.3) is 0 Å². The third-order valence-corrected chi connectivity index (χ3v) is 3.64. The van der Waals surface area contributed by atoms with Gasteiger partial charge in [0.05, 0.1) is 14.2 Å². The van der Waals surface area contributed by atoms with Crippen molar-refractivity contribution in [3.8, 4) is 17.2 Å². The van der Waals surface area contributed by atoms with Crippen LogP contribution in [0.1, 0.15) is 16.7 Å². The van der Waals surface area contributed by atoms with E-state index in [0.717, 1.165) is 11.1 Å². The summed E-state index contributed by atoms with van der Waals surface area (Å²) in [5, 5.41) is 9.53. The molecule has 0 saturated heterocycles. The molecule has 0 aliphatic carbocycles. The predicted molar refractivity (Wildman–Crippen MR) is 91.2 cm³/mol. The van der Waals surface area contributed by atoms with E-state index in [0.29, 0.717) is 22.8 Å². The van der Waals surface area contributed by atoms with E-state index in [2.05, 4.69) is 0 Å². The molecule has 5 nitrogen and oxygen atoms in total. The molecule has 0 aliphatic heterocycles. The minimum Gasteiger partial charge on any atom is -0.497 e. The summed E-state index contributed by atoms with van der Waals surface area (Å²) in [7, 11) is 3.11. The van der Waals surface area contributed by atoms with Gasteiger partial charge in [-0.25, -0.2) is 4.79 Å². The average Bonchev–Trinajstić information content (AvgIpc) is 2.53. The Labute approximate surface area is 141 Å². The zero-order chi connectivity index (χ0) is 17.7. The lowest BCUT2D eigenvalue weighted by Crippen LogP contribution is -2.29. The molecule has 5 heteroatoms. The normalized spacial score (nSPS) is 11.7. The van der Waals surface area contributed by atoms with E-state index < -0.39 is 12.1 Å². The quantitative estimate of drug-likeness (QED) is 0.843. The molecule has 0 fully saturated rings. The van der Waals surface area contributed by atoms with E-state index in [1.807, 2.05) is 32.0 Å². The van der Waals surface area contributed by atoms with Crippen LogP contribution >= 0.6 is 0 Å². The van der Waals surface area contributed by atoms with E-state index in [1.54, 1.807) is 32.4 Å². The standard InChI is InChI=1S/C19H22O5/c1-12-7-13(2)9-16(8-12)24-18(19(20)21)11-14-10-15(22-3)5-6-17(14)23-4/h5-10,18H,11H2,1-4H3,(H,20,21)/t18-/m0/s1. The molecule has 1 atom stereocenters. The van der Waals surface area contributed by atoms with Crippen LogP contribution in [0.3, 0.4) is 0 Å². The number of ether oxygens (including phenoxy) is 3. The summed E-state index contributed by atoms with van der Waals surface area (Å²) in [6.07, 6.45) is -0.852. The molecule has 0 bridgehead atoms. The number of rotatable bonds is 7. The van der Waals surface area contributed by atoms with Crippen LogP contribution in [0.15, 0.2) is 36.4 Å². The first-order valence-electron chi connectivity index (χ1n) is 7.61. The van der Waals surface area contributed by atoms with Crippen molar-refractivity contribution in [2.75, 3.05) is 14.2 Å². The first kappa shape index (κ1) is 17.7. The van der Waals surface area contributed by atoms with Gasteiger partial charge in [0, 0.05) is 12.0 Å². The summed E-state index contributed by atoms with van der Waals surface area (Å²) in [6, 6.07) is 10.9. The van der Waals surface area contributed by atoms with Crippen molar-refractivity contribution in [3.05, 3.63) is 53.1 Å². The number of aryl methyl sites for hydroxylation is 2. The number of methoxy groups -OCH3 is 2. The second-order valence-electron chi connectivity index (χ2n) is 5.65. The van der Waals surface area contributed by atoms with E-state index >= 15 is 0 Å². The monoisotopic (exact) mass is 330 g/mol. The van der Waals surface area contributed by atoms with Crippen LogP contribution in [-0.4, -0.2) is 31.4 Å². The van der Waals surface area contributed by atoms with Crippen LogP contribution < -0.4 is 14.2 Å². The molecule has 0 radical (unpaired) electrons.